The van der Waals surface area contributed by atoms with Crippen LogP contribution in [-0.4, -0.2) is 14.8 Å². The van der Waals surface area contributed by atoms with Gasteiger partial charge in [-0.05, 0) is 24.2 Å². The zero-order valence-corrected chi connectivity index (χ0v) is 10.2. The number of rotatable bonds is 3. The second-order valence-electron chi connectivity index (χ2n) is 5.11. The molecular formula is C11H18ClN3. The Balaban J connectivity index is 2.08. The molecule has 0 aromatic carbocycles. The Morgan fingerprint density at radius 2 is 2.40 bits per heavy atom. The van der Waals surface area contributed by atoms with Crippen LogP contribution in [0.25, 0.3) is 0 Å². The Bertz CT molecular complexity index is 332. The number of nitrogens with zero attached hydrogens (tertiary/aromatic N) is 3. The van der Waals surface area contributed by atoms with Crippen molar-refractivity contribution in [1.82, 2.24) is 14.8 Å². The van der Waals surface area contributed by atoms with E-state index in [2.05, 4.69) is 28.6 Å². The van der Waals surface area contributed by atoms with Gasteiger partial charge in [-0.3, -0.25) is 0 Å². The Morgan fingerprint density at radius 3 is 3.00 bits per heavy atom. The molecule has 84 valence electrons. The topological polar surface area (TPSA) is 30.7 Å². The summed E-state index contributed by atoms with van der Waals surface area (Å²) in [5, 5.41) is 7.92. The van der Waals surface area contributed by atoms with E-state index in [1.54, 1.807) is 6.33 Å². The lowest BCUT2D eigenvalue weighted by Gasteiger charge is -2.27. The first-order valence-electron chi connectivity index (χ1n) is 5.56. The third-order valence-corrected chi connectivity index (χ3v) is 3.95. The standard InChI is InChI=1S/C11H18ClN3/c1-11(2)5-3-4-9(11)7-15-8-13-14-10(15)6-12/h8-9H,3-7H2,1-2H3. The van der Waals surface area contributed by atoms with Crippen molar-refractivity contribution in [3.8, 4) is 0 Å². The fraction of sp³-hybridized carbons (Fsp3) is 0.818. The molecule has 0 bridgehead atoms. The molecule has 1 aliphatic carbocycles. The van der Waals surface area contributed by atoms with E-state index in [0.717, 1.165) is 18.3 Å². The first-order chi connectivity index (χ1) is 7.13. The first-order valence-corrected chi connectivity index (χ1v) is 6.09. The van der Waals surface area contributed by atoms with Crippen molar-refractivity contribution in [1.29, 1.82) is 0 Å². The van der Waals surface area contributed by atoms with E-state index in [1.807, 2.05) is 0 Å². The second-order valence-corrected chi connectivity index (χ2v) is 5.38. The van der Waals surface area contributed by atoms with Crippen LogP contribution in [-0.2, 0) is 12.4 Å². The number of alkyl halides is 1. The van der Waals surface area contributed by atoms with Crippen molar-refractivity contribution in [2.45, 2.75) is 45.5 Å². The minimum absolute atomic E-state index is 0.452. The van der Waals surface area contributed by atoms with E-state index in [0.29, 0.717) is 11.3 Å². The first kappa shape index (κ1) is 10.9. The van der Waals surface area contributed by atoms with Gasteiger partial charge in [0, 0.05) is 6.54 Å². The highest BCUT2D eigenvalue weighted by Gasteiger charge is 2.34. The van der Waals surface area contributed by atoms with Crippen molar-refractivity contribution in [3.63, 3.8) is 0 Å². The molecule has 3 nitrogen and oxygen atoms in total. The predicted octanol–water partition coefficient (Wildman–Crippen LogP) is 2.84. The molecule has 0 amide bonds. The fourth-order valence-corrected chi connectivity index (χ4v) is 2.72. The highest BCUT2D eigenvalue weighted by molar-refractivity contribution is 6.16. The number of hydrogen-bond donors (Lipinski definition) is 0. The fourth-order valence-electron chi connectivity index (χ4n) is 2.51. The van der Waals surface area contributed by atoms with Crippen molar-refractivity contribution >= 4 is 11.6 Å². The van der Waals surface area contributed by atoms with Gasteiger partial charge in [0.15, 0.2) is 0 Å². The van der Waals surface area contributed by atoms with Gasteiger partial charge in [0.25, 0.3) is 0 Å². The molecule has 0 spiro atoms. The largest absolute Gasteiger partial charge is 0.316 e. The van der Waals surface area contributed by atoms with Gasteiger partial charge in [-0.25, -0.2) is 0 Å². The van der Waals surface area contributed by atoms with Crippen LogP contribution in [0.4, 0.5) is 0 Å². The van der Waals surface area contributed by atoms with Crippen LogP contribution in [0.1, 0.15) is 38.9 Å². The summed E-state index contributed by atoms with van der Waals surface area (Å²) in [5.74, 6) is 2.07. The van der Waals surface area contributed by atoms with Crippen LogP contribution in [0.3, 0.4) is 0 Å². The molecule has 0 radical (unpaired) electrons. The lowest BCUT2D eigenvalue weighted by molar-refractivity contribution is 0.230. The van der Waals surface area contributed by atoms with Gasteiger partial charge in [0.2, 0.25) is 0 Å². The minimum Gasteiger partial charge on any atom is -0.316 e. The highest BCUT2D eigenvalue weighted by Crippen LogP contribution is 2.43. The molecule has 1 atom stereocenters. The van der Waals surface area contributed by atoms with Crippen molar-refractivity contribution in [3.05, 3.63) is 12.2 Å². The average Bonchev–Trinajstić information content (AvgIpc) is 2.74. The summed E-state index contributed by atoms with van der Waals surface area (Å²) in [4.78, 5) is 0. The van der Waals surface area contributed by atoms with Crippen molar-refractivity contribution in [2.75, 3.05) is 0 Å². The second kappa shape index (κ2) is 4.12. The Hall–Kier alpha value is -0.570. The molecule has 1 saturated carbocycles. The van der Waals surface area contributed by atoms with Crippen LogP contribution in [0.2, 0.25) is 0 Å². The molecule has 1 aliphatic rings. The Kier molecular flexibility index (Phi) is 3.01. The SMILES string of the molecule is CC1(C)CCCC1Cn1cnnc1CCl. The minimum atomic E-state index is 0.452. The Labute approximate surface area is 95.8 Å². The molecule has 1 aromatic heterocycles. The Morgan fingerprint density at radius 1 is 1.60 bits per heavy atom. The van der Waals surface area contributed by atoms with Gasteiger partial charge in [0.1, 0.15) is 12.2 Å². The van der Waals surface area contributed by atoms with E-state index >= 15 is 0 Å². The number of halogens is 1. The van der Waals surface area contributed by atoms with Crippen LogP contribution >= 0.6 is 11.6 Å². The van der Waals surface area contributed by atoms with Crippen LogP contribution in [0.15, 0.2) is 6.33 Å². The molecule has 0 N–H and O–H groups in total. The van der Waals surface area contributed by atoms with E-state index in [9.17, 15) is 0 Å². The quantitative estimate of drug-likeness (QED) is 0.744. The van der Waals surface area contributed by atoms with E-state index < -0.39 is 0 Å². The summed E-state index contributed by atoms with van der Waals surface area (Å²) in [6, 6.07) is 0. The lowest BCUT2D eigenvalue weighted by atomic mass is 9.82. The molecule has 1 aromatic rings. The maximum absolute atomic E-state index is 5.81. The van der Waals surface area contributed by atoms with Crippen molar-refractivity contribution < 1.29 is 0 Å². The maximum atomic E-state index is 5.81. The molecule has 1 unspecified atom stereocenters. The van der Waals surface area contributed by atoms with Crippen LogP contribution in [0.5, 0.6) is 0 Å². The molecule has 2 rings (SSSR count). The third kappa shape index (κ3) is 2.17. The lowest BCUT2D eigenvalue weighted by Crippen LogP contribution is -2.22. The van der Waals surface area contributed by atoms with Gasteiger partial charge < -0.3 is 4.57 Å². The summed E-state index contributed by atoms with van der Waals surface area (Å²) >= 11 is 5.81. The molecule has 4 heteroatoms. The van der Waals surface area contributed by atoms with E-state index in [-0.39, 0.29) is 0 Å². The summed E-state index contributed by atoms with van der Waals surface area (Å²) in [6.45, 7) is 5.73. The summed E-state index contributed by atoms with van der Waals surface area (Å²) in [6.07, 6.45) is 5.78. The highest BCUT2D eigenvalue weighted by atomic mass is 35.5. The molecule has 15 heavy (non-hydrogen) atoms. The van der Waals surface area contributed by atoms with E-state index in [1.165, 1.54) is 19.3 Å². The molecular weight excluding hydrogens is 210 g/mol. The summed E-state index contributed by atoms with van der Waals surface area (Å²) in [7, 11) is 0. The number of aromatic nitrogens is 3. The smallest absolute Gasteiger partial charge is 0.147 e. The zero-order valence-electron chi connectivity index (χ0n) is 9.41. The van der Waals surface area contributed by atoms with Gasteiger partial charge >= 0.3 is 0 Å². The van der Waals surface area contributed by atoms with Crippen molar-refractivity contribution in [2.24, 2.45) is 11.3 Å². The molecule has 0 saturated heterocycles. The average molecular weight is 228 g/mol. The maximum Gasteiger partial charge on any atom is 0.147 e. The molecule has 1 fully saturated rings. The van der Waals surface area contributed by atoms with Crippen LogP contribution < -0.4 is 0 Å². The zero-order chi connectivity index (χ0) is 10.9. The van der Waals surface area contributed by atoms with Gasteiger partial charge in [-0.2, -0.15) is 0 Å². The van der Waals surface area contributed by atoms with Gasteiger partial charge in [0.05, 0.1) is 5.88 Å². The van der Waals surface area contributed by atoms with Crippen LogP contribution in [0, 0.1) is 11.3 Å². The van der Waals surface area contributed by atoms with E-state index in [4.69, 9.17) is 11.6 Å². The molecule has 1 heterocycles. The summed E-state index contributed by atoms with van der Waals surface area (Å²) in [5.41, 5.74) is 0.452. The monoisotopic (exact) mass is 227 g/mol. The number of hydrogen-bond acceptors (Lipinski definition) is 2. The molecule has 0 aliphatic heterocycles. The van der Waals surface area contributed by atoms with Gasteiger partial charge in [-0.15, -0.1) is 21.8 Å². The van der Waals surface area contributed by atoms with Gasteiger partial charge in [-0.1, -0.05) is 20.3 Å². The predicted molar refractivity (Wildman–Crippen MR) is 60.7 cm³/mol. The third-order valence-electron chi connectivity index (χ3n) is 3.71. The normalized spacial score (nSPS) is 24.6. The summed E-state index contributed by atoms with van der Waals surface area (Å²) < 4.78 is 2.10.